The molecule has 0 saturated carbocycles. The maximum absolute atomic E-state index is 5.40. The van der Waals surface area contributed by atoms with Crippen LogP contribution in [0.1, 0.15) is 0 Å². The van der Waals surface area contributed by atoms with Gasteiger partial charge in [-0.15, -0.1) is 0 Å². The molecule has 2 aromatic carbocycles. The third kappa shape index (κ3) is 3.37. The molecular weight excluding hydrogens is 366 g/mol. The SMILES string of the molecule is Brc1ccc2nc(Nc3ccc(N4CCOCC4)cc3)ccc2c1. The molecule has 0 aliphatic carbocycles. The fourth-order valence-corrected chi connectivity index (χ4v) is 3.27. The van der Waals surface area contributed by atoms with Gasteiger partial charge in [-0.25, -0.2) is 4.98 Å². The van der Waals surface area contributed by atoms with E-state index in [1.807, 2.05) is 18.2 Å². The predicted octanol–water partition coefficient (Wildman–Crippen LogP) is 4.58. The van der Waals surface area contributed by atoms with Crippen LogP contribution >= 0.6 is 15.9 Å². The van der Waals surface area contributed by atoms with Gasteiger partial charge < -0.3 is 15.0 Å². The second kappa shape index (κ2) is 6.79. The Hall–Kier alpha value is -2.11. The molecule has 0 spiro atoms. The van der Waals surface area contributed by atoms with Crippen LogP contribution in [0.4, 0.5) is 17.2 Å². The molecule has 1 fully saturated rings. The zero-order valence-corrected chi connectivity index (χ0v) is 14.8. The Morgan fingerprint density at radius 2 is 1.75 bits per heavy atom. The van der Waals surface area contributed by atoms with Gasteiger partial charge in [-0.2, -0.15) is 0 Å². The molecule has 3 aromatic rings. The molecule has 24 heavy (non-hydrogen) atoms. The summed E-state index contributed by atoms with van der Waals surface area (Å²) in [5.41, 5.74) is 3.25. The molecule has 1 aromatic heterocycles. The predicted molar refractivity (Wildman–Crippen MR) is 102 cm³/mol. The van der Waals surface area contributed by atoms with Crippen molar-refractivity contribution < 1.29 is 4.74 Å². The molecule has 0 unspecified atom stereocenters. The normalized spacial score (nSPS) is 14.8. The number of benzene rings is 2. The third-order valence-electron chi connectivity index (χ3n) is 4.17. The van der Waals surface area contributed by atoms with Gasteiger partial charge >= 0.3 is 0 Å². The largest absolute Gasteiger partial charge is 0.378 e. The molecule has 4 nitrogen and oxygen atoms in total. The summed E-state index contributed by atoms with van der Waals surface area (Å²) in [6.45, 7) is 3.51. The van der Waals surface area contributed by atoms with Crippen molar-refractivity contribution in [1.82, 2.24) is 4.98 Å². The van der Waals surface area contributed by atoms with Gasteiger partial charge in [-0.1, -0.05) is 15.9 Å². The monoisotopic (exact) mass is 383 g/mol. The summed E-state index contributed by atoms with van der Waals surface area (Å²) >= 11 is 3.49. The van der Waals surface area contributed by atoms with Crippen molar-refractivity contribution in [2.24, 2.45) is 0 Å². The van der Waals surface area contributed by atoms with Crippen LogP contribution in [0.5, 0.6) is 0 Å². The number of pyridine rings is 1. The first-order chi connectivity index (χ1) is 11.8. The van der Waals surface area contributed by atoms with E-state index >= 15 is 0 Å². The van der Waals surface area contributed by atoms with E-state index in [-0.39, 0.29) is 0 Å². The van der Waals surface area contributed by atoms with Gasteiger partial charge in [-0.3, -0.25) is 0 Å². The van der Waals surface area contributed by atoms with Gasteiger partial charge in [0.15, 0.2) is 0 Å². The average Bonchev–Trinajstić information content (AvgIpc) is 2.63. The summed E-state index contributed by atoms with van der Waals surface area (Å²) in [7, 11) is 0. The van der Waals surface area contributed by atoms with E-state index in [4.69, 9.17) is 4.74 Å². The average molecular weight is 384 g/mol. The number of hydrogen-bond donors (Lipinski definition) is 1. The highest BCUT2D eigenvalue weighted by Gasteiger charge is 2.10. The molecule has 4 rings (SSSR count). The number of morpholine rings is 1. The minimum absolute atomic E-state index is 0.803. The van der Waals surface area contributed by atoms with Gasteiger partial charge in [0.1, 0.15) is 5.82 Å². The molecule has 0 atom stereocenters. The van der Waals surface area contributed by atoms with Crippen molar-refractivity contribution in [2.75, 3.05) is 36.5 Å². The lowest BCUT2D eigenvalue weighted by Gasteiger charge is -2.28. The van der Waals surface area contributed by atoms with Gasteiger partial charge in [0.25, 0.3) is 0 Å². The lowest BCUT2D eigenvalue weighted by molar-refractivity contribution is 0.122. The van der Waals surface area contributed by atoms with Crippen molar-refractivity contribution in [2.45, 2.75) is 0 Å². The van der Waals surface area contributed by atoms with E-state index in [1.54, 1.807) is 0 Å². The van der Waals surface area contributed by atoms with E-state index in [2.05, 4.69) is 67.5 Å². The van der Waals surface area contributed by atoms with Gasteiger partial charge in [0.2, 0.25) is 0 Å². The standard InChI is InChI=1S/C19H18BrN3O/c20-15-2-7-18-14(13-15)1-8-19(22-18)21-16-3-5-17(6-4-16)23-9-11-24-12-10-23/h1-8,13H,9-12H2,(H,21,22). The summed E-state index contributed by atoms with van der Waals surface area (Å²) in [6.07, 6.45) is 0. The van der Waals surface area contributed by atoms with Gasteiger partial charge in [0.05, 0.1) is 18.7 Å². The van der Waals surface area contributed by atoms with Crippen molar-refractivity contribution in [3.05, 3.63) is 59.1 Å². The smallest absolute Gasteiger partial charge is 0.131 e. The number of rotatable bonds is 3. The topological polar surface area (TPSA) is 37.4 Å². The zero-order valence-electron chi connectivity index (χ0n) is 13.2. The molecule has 1 aliphatic heterocycles. The Kier molecular flexibility index (Phi) is 4.36. The number of ether oxygens (including phenoxy) is 1. The van der Waals surface area contributed by atoms with Crippen molar-refractivity contribution in [1.29, 1.82) is 0 Å². The number of aromatic nitrogens is 1. The molecule has 0 radical (unpaired) electrons. The number of anilines is 3. The summed E-state index contributed by atoms with van der Waals surface area (Å²) in [5, 5.41) is 4.50. The lowest BCUT2D eigenvalue weighted by atomic mass is 10.2. The number of nitrogens with one attached hydrogen (secondary N) is 1. The second-order valence-corrected chi connectivity index (χ2v) is 6.72. The number of halogens is 1. The Bertz CT molecular complexity index is 845. The van der Waals surface area contributed by atoms with E-state index in [1.165, 1.54) is 5.69 Å². The van der Waals surface area contributed by atoms with E-state index in [0.717, 1.165) is 53.2 Å². The van der Waals surface area contributed by atoms with Crippen LogP contribution in [0.15, 0.2) is 59.1 Å². The van der Waals surface area contributed by atoms with E-state index in [0.29, 0.717) is 0 Å². The number of hydrogen-bond acceptors (Lipinski definition) is 4. The molecule has 122 valence electrons. The molecule has 2 heterocycles. The van der Waals surface area contributed by atoms with Crippen molar-refractivity contribution in [3.8, 4) is 0 Å². The molecule has 5 heteroatoms. The second-order valence-electron chi connectivity index (χ2n) is 5.80. The maximum Gasteiger partial charge on any atom is 0.131 e. The van der Waals surface area contributed by atoms with E-state index in [9.17, 15) is 0 Å². The van der Waals surface area contributed by atoms with Crippen LogP contribution in [0.3, 0.4) is 0 Å². The molecule has 0 amide bonds. The Morgan fingerprint density at radius 1 is 0.958 bits per heavy atom. The highest BCUT2D eigenvalue weighted by Crippen LogP contribution is 2.24. The molecule has 0 bridgehead atoms. The van der Waals surface area contributed by atoms with Crippen molar-refractivity contribution >= 4 is 44.0 Å². The Balaban J connectivity index is 1.51. The fraction of sp³-hybridized carbons (Fsp3) is 0.211. The van der Waals surface area contributed by atoms with Crippen LogP contribution in [0.2, 0.25) is 0 Å². The first kappa shape index (κ1) is 15.4. The van der Waals surface area contributed by atoms with Gasteiger partial charge in [0, 0.05) is 34.3 Å². The minimum atomic E-state index is 0.803. The first-order valence-electron chi connectivity index (χ1n) is 8.04. The zero-order chi connectivity index (χ0) is 16.4. The Labute approximate surface area is 149 Å². The highest BCUT2D eigenvalue weighted by molar-refractivity contribution is 9.10. The fourth-order valence-electron chi connectivity index (χ4n) is 2.89. The Morgan fingerprint density at radius 3 is 2.54 bits per heavy atom. The maximum atomic E-state index is 5.40. The van der Waals surface area contributed by atoms with Gasteiger partial charge in [-0.05, 0) is 54.6 Å². The number of nitrogens with zero attached hydrogens (tertiary/aromatic N) is 2. The molecule has 1 saturated heterocycles. The third-order valence-corrected chi connectivity index (χ3v) is 4.66. The summed E-state index contributed by atoms with van der Waals surface area (Å²) in [5.74, 6) is 0.851. The first-order valence-corrected chi connectivity index (χ1v) is 8.83. The van der Waals surface area contributed by atoms with E-state index < -0.39 is 0 Å². The quantitative estimate of drug-likeness (QED) is 0.718. The summed E-state index contributed by atoms with van der Waals surface area (Å²) < 4.78 is 6.47. The minimum Gasteiger partial charge on any atom is -0.378 e. The van der Waals surface area contributed by atoms with Crippen LogP contribution in [0.25, 0.3) is 10.9 Å². The number of fused-ring (bicyclic) bond motifs is 1. The molecule has 1 aliphatic rings. The lowest BCUT2D eigenvalue weighted by Crippen LogP contribution is -2.36. The van der Waals surface area contributed by atoms with Crippen LogP contribution in [-0.4, -0.2) is 31.3 Å². The van der Waals surface area contributed by atoms with Crippen LogP contribution < -0.4 is 10.2 Å². The van der Waals surface area contributed by atoms with Crippen molar-refractivity contribution in [3.63, 3.8) is 0 Å². The molecular formula is C19H18BrN3O. The summed E-state index contributed by atoms with van der Waals surface area (Å²) in [4.78, 5) is 7.01. The summed E-state index contributed by atoms with van der Waals surface area (Å²) in [6, 6.07) is 18.7. The van der Waals surface area contributed by atoms with Crippen LogP contribution in [-0.2, 0) is 4.74 Å². The molecule has 1 N–H and O–H groups in total. The van der Waals surface area contributed by atoms with Crippen LogP contribution in [0, 0.1) is 0 Å². The highest BCUT2D eigenvalue weighted by atomic mass is 79.9.